The van der Waals surface area contributed by atoms with E-state index >= 15 is 0 Å². The van der Waals surface area contributed by atoms with Crippen molar-refractivity contribution in [3.63, 3.8) is 0 Å². The van der Waals surface area contributed by atoms with Crippen molar-refractivity contribution in [1.82, 2.24) is 4.90 Å². The molecule has 1 aromatic heterocycles. The lowest BCUT2D eigenvalue weighted by Gasteiger charge is -2.48. The molecule has 0 amide bonds. The van der Waals surface area contributed by atoms with Crippen LogP contribution in [0.5, 0.6) is 0 Å². The fourth-order valence-corrected chi connectivity index (χ4v) is 8.36. The number of aliphatic hydroxyl groups is 3. The Bertz CT molecular complexity index is 1520. The number of carbonyl (C=O) groups is 1. The van der Waals surface area contributed by atoms with Gasteiger partial charge in [-0.3, -0.25) is 4.79 Å². The van der Waals surface area contributed by atoms with E-state index in [0.717, 1.165) is 42.4 Å². The fourth-order valence-electron chi connectivity index (χ4n) is 8.24. The van der Waals surface area contributed by atoms with Crippen LogP contribution in [0.3, 0.4) is 0 Å². The highest BCUT2D eigenvalue weighted by Crippen LogP contribution is 2.59. The van der Waals surface area contributed by atoms with E-state index in [1.54, 1.807) is 12.1 Å². The Kier molecular flexibility index (Phi) is 9.17. The SMILES string of the molecule is CC1=CCCC2(C)C(CCC2(O)CN2CCC(O)(c3ccc(Cl)cc3)CC2)c2ccc(cc2C(=O)c2ccco2)CC(O)CC1. The number of hydrogen-bond acceptors (Lipinski definition) is 6. The number of allylic oxidation sites excluding steroid dienone is 2. The Balaban J connectivity index is 1.32. The smallest absolute Gasteiger partial charge is 0.228 e. The van der Waals surface area contributed by atoms with Gasteiger partial charge >= 0.3 is 0 Å². The molecule has 2 heterocycles. The number of piperidine rings is 1. The maximum absolute atomic E-state index is 13.9. The molecule has 0 radical (unpaired) electrons. The molecule has 2 aromatic carbocycles. The minimum Gasteiger partial charge on any atom is -0.461 e. The first kappa shape index (κ1) is 32.2. The lowest BCUT2D eigenvalue weighted by molar-refractivity contribution is -0.101. The van der Waals surface area contributed by atoms with Crippen LogP contribution in [0.2, 0.25) is 5.02 Å². The van der Waals surface area contributed by atoms with Crippen molar-refractivity contribution in [2.24, 2.45) is 5.41 Å². The molecule has 6 nitrogen and oxygen atoms in total. The first-order valence-electron chi connectivity index (χ1n) is 16.5. The van der Waals surface area contributed by atoms with Crippen molar-refractivity contribution in [2.75, 3.05) is 19.6 Å². The van der Waals surface area contributed by atoms with Gasteiger partial charge in [0.05, 0.1) is 23.6 Å². The second-order valence-corrected chi connectivity index (χ2v) is 14.5. The van der Waals surface area contributed by atoms with Crippen LogP contribution in [0.15, 0.2) is 76.9 Å². The zero-order valence-electron chi connectivity index (χ0n) is 26.5. The lowest BCUT2D eigenvalue weighted by atomic mass is 9.64. The van der Waals surface area contributed by atoms with Crippen molar-refractivity contribution in [2.45, 2.75) is 94.9 Å². The monoisotopic (exact) mass is 631 g/mol. The number of ketones is 1. The van der Waals surface area contributed by atoms with Gasteiger partial charge in [0.1, 0.15) is 0 Å². The second-order valence-electron chi connectivity index (χ2n) is 14.1. The summed E-state index contributed by atoms with van der Waals surface area (Å²) in [4.78, 5) is 16.2. The molecule has 7 heteroatoms. The van der Waals surface area contributed by atoms with Gasteiger partial charge in [0, 0.05) is 35.6 Å². The number of aliphatic hydroxyl groups excluding tert-OH is 1. The van der Waals surface area contributed by atoms with Crippen LogP contribution >= 0.6 is 11.6 Å². The number of β-amino-alcohol motifs (C(OH)–C–C–N with tert-alkyl or cyclic N) is 1. The van der Waals surface area contributed by atoms with Gasteiger partial charge in [-0.2, -0.15) is 0 Å². The quantitative estimate of drug-likeness (QED) is 0.204. The van der Waals surface area contributed by atoms with E-state index < -0.39 is 22.7 Å². The van der Waals surface area contributed by atoms with Crippen LogP contribution in [0.4, 0.5) is 0 Å². The summed E-state index contributed by atoms with van der Waals surface area (Å²) in [5, 5.41) is 35.6. The van der Waals surface area contributed by atoms with Gasteiger partial charge in [-0.1, -0.05) is 54.4 Å². The molecule has 2 bridgehead atoms. The standard InChI is InChI=1S/C38H46ClNO5/c1-26-5-3-16-36(2)33(31-14-8-27(23-30(41)13-7-26)24-32(31)35(42)34-6-4-22-45-34)15-17-38(36,44)25-40-20-18-37(43,19-21-40)28-9-11-29(39)12-10-28/h4-6,8-12,14,22,24,30,33,41,43-44H,3,7,13,15-21,23,25H2,1-2H3. The minimum absolute atomic E-state index is 0.0391. The summed E-state index contributed by atoms with van der Waals surface area (Å²) in [5.41, 5.74) is 2.23. The topological polar surface area (TPSA) is 94.1 Å². The molecule has 3 aromatic rings. The molecule has 45 heavy (non-hydrogen) atoms. The molecule has 0 spiro atoms. The Labute approximate surface area is 271 Å². The van der Waals surface area contributed by atoms with Gasteiger partial charge in [0.2, 0.25) is 5.78 Å². The highest BCUT2D eigenvalue weighted by molar-refractivity contribution is 6.30. The summed E-state index contributed by atoms with van der Waals surface area (Å²) in [6.07, 6.45) is 9.40. The fraction of sp³-hybridized carbons (Fsp3) is 0.500. The van der Waals surface area contributed by atoms with Gasteiger partial charge in [-0.25, -0.2) is 0 Å². The first-order valence-corrected chi connectivity index (χ1v) is 16.9. The Morgan fingerprint density at radius 3 is 2.49 bits per heavy atom. The third-order valence-electron chi connectivity index (χ3n) is 11.2. The Morgan fingerprint density at radius 1 is 1.02 bits per heavy atom. The van der Waals surface area contributed by atoms with Crippen LogP contribution in [0.1, 0.15) is 104 Å². The minimum atomic E-state index is -0.980. The van der Waals surface area contributed by atoms with Gasteiger partial charge in [0.15, 0.2) is 5.76 Å². The molecule has 1 saturated heterocycles. The molecule has 2 fully saturated rings. The third kappa shape index (κ3) is 6.45. The van der Waals surface area contributed by atoms with Gasteiger partial charge in [-0.05, 0) is 118 Å². The summed E-state index contributed by atoms with van der Waals surface area (Å²) < 4.78 is 5.55. The van der Waals surface area contributed by atoms with E-state index in [1.165, 1.54) is 11.8 Å². The molecule has 4 unspecified atom stereocenters. The van der Waals surface area contributed by atoms with E-state index in [4.69, 9.17) is 16.0 Å². The van der Waals surface area contributed by atoms with Crippen molar-refractivity contribution in [1.29, 1.82) is 0 Å². The molecular formula is C38H46ClNO5. The summed E-state index contributed by atoms with van der Waals surface area (Å²) in [5.74, 6) is 0.0948. The number of likely N-dealkylation sites (tertiary alicyclic amines) is 1. The number of hydrogen-bond donors (Lipinski definition) is 3. The van der Waals surface area contributed by atoms with Crippen LogP contribution in [0.25, 0.3) is 0 Å². The molecular weight excluding hydrogens is 586 g/mol. The average Bonchev–Trinajstić information content (AvgIpc) is 3.64. The van der Waals surface area contributed by atoms with Crippen LogP contribution in [0, 0.1) is 5.41 Å². The van der Waals surface area contributed by atoms with Crippen molar-refractivity contribution < 1.29 is 24.5 Å². The summed E-state index contributed by atoms with van der Waals surface area (Å²) in [7, 11) is 0. The van der Waals surface area contributed by atoms with Crippen molar-refractivity contribution >= 4 is 17.4 Å². The summed E-state index contributed by atoms with van der Waals surface area (Å²) in [6, 6.07) is 17.0. The van der Waals surface area contributed by atoms with Crippen molar-refractivity contribution in [3.8, 4) is 0 Å². The van der Waals surface area contributed by atoms with E-state index in [0.29, 0.717) is 68.1 Å². The lowest BCUT2D eigenvalue weighted by Crippen LogP contribution is -2.55. The number of carbonyl (C=O) groups excluding carboxylic acids is 1. The Hall–Kier alpha value is -2.74. The van der Waals surface area contributed by atoms with Crippen LogP contribution in [-0.2, 0) is 12.0 Å². The highest BCUT2D eigenvalue weighted by atomic mass is 35.5. The zero-order valence-corrected chi connectivity index (χ0v) is 27.2. The van der Waals surface area contributed by atoms with E-state index in [2.05, 4.69) is 30.9 Å². The largest absolute Gasteiger partial charge is 0.461 e. The third-order valence-corrected chi connectivity index (χ3v) is 11.5. The van der Waals surface area contributed by atoms with Crippen molar-refractivity contribution in [3.05, 3.63) is 106 Å². The summed E-state index contributed by atoms with van der Waals surface area (Å²) >= 11 is 6.10. The zero-order chi connectivity index (χ0) is 31.8. The first-order chi connectivity index (χ1) is 21.5. The predicted molar refractivity (Wildman–Crippen MR) is 177 cm³/mol. The predicted octanol–water partition coefficient (Wildman–Crippen LogP) is 7.19. The number of rotatable bonds is 5. The number of furan rings is 1. The Morgan fingerprint density at radius 2 is 1.78 bits per heavy atom. The maximum atomic E-state index is 13.9. The number of nitrogens with zero attached hydrogens (tertiary/aromatic N) is 1. The van der Waals surface area contributed by atoms with E-state index in [1.807, 2.05) is 36.4 Å². The molecule has 3 N–H and O–H groups in total. The molecule has 4 aliphatic rings. The molecule has 4 atom stereocenters. The normalized spacial score (nSPS) is 29.2. The highest BCUT2D eigenvalue weighted by Gasteiger charge is 2.57. The molecule has 240 valence electrons. The van der Waals surface area contributed by atoms with E-state index in [9.17, 15) is 20.1 Å². The second kappa shape index (κ2) is 12.8. The van der Waals surface area contributed by atoms with Gasteiger partial charge < -0.3 is 24.6 Å². The van der Waals surface area contributed by atoms with E-state index in [-0.39, 0.29) is 11.7 Å². The summed E-state index contributed by atoms with van der Waals surface area (Å²) in [6.45, 7) is 6.22. The molecule has 1 aliphatic heterocycles. The van der Waals surface area contributed by atoms with Gasteiger partial charge in [0.25, 0.3) is 0 Å². The molecule has 7 rings (SSSR count). The van der Waals surface area contributed by atoms with Gasteiger partial charge in [-0.15, -0.1) is 0 Å². The molecule has 1 saturated carbocycles. The number of fused-ring (bicyclic) bond motifs is 8. The number of benzene rings is 2. The number of halogens is 1. The van der Waals surface area contributed by atoms with Crippen LogP contribution in [-0.4, -0.2) is 57.3 Å². The molecule has 3 aliphatic carbocycles. The van der Waals surface area contributed by atoms with Crippen LogP contribution < -0.4 is 0 Å². The maximum Gasteiger partial charge on any atom is 0.228 e. The average molecular weight is 632 g/mol.